The quantitative estimate of drug-likeness (QED) is 0.383. The molecule has 1 aromatic heterocycles. The topological polar surface area (TPSA) is 104 Å². The average Bonchev–Trinajstić information content (AvgIpc) is 3.61. The second kappa shape index (κ2) is 13.3. The summed E-state index contributed by atoms with van der Waals surface area (Å²) in [6, 6.07) is 13.4. The molecule has 3 heterocycles. The number of benzene rings is 2. The summed E-state index contributed by atoms with van der Waals surface area (Å²) >= 11 is 1.28. The summed E-state index contributed by atoms with van der Waals surface area (Å²) in [5.41, 5.74) is 3.40. The van der Waals surface area contributed by atoms with Gasteiger partial charge in [0, 0.05) is 50.2 Å². The molecule has 0 atom stereocenters. The van der Waals surface area contributed by atoms with Crippen molar-refractivity contribution >= 4 is 34.2 Å². The molecule has 5 rings (SSSR count). The molecule has 0 radical (unpaired) electrons. The zero-order valence-corrected chi connectivity index (χ0v) is 25.1. The van der Waals surface area contributed by atoms with Crippen molar-refractivity contribution in [1.82, 2.24) is 19.7 Å². The lowest BCUT2D eigenvalue weighted by Crippen LogP contribution is -2.48. The van der Waals surface area contributed by atoms with Gasteiger partial charge in [-0.15, -0.1) is 11.3 Å². The van der Waals surface area contributed by atoms with Crippen molar-refractivity contribution in [3.05, 3.63) is 70.2 Å². The molecule has 1 fully saturated rings. The minimum absolute atomic E-state index is 0.0210. The van der Waals surface area contributed by atoms with Crippen LogP contribution in [0.1, 0.15) is 41.0 Å². The fourth-order valence-corrected chi connectivity index (χ4v) is 5.76. The molecule has 2 aliphatic rings. The lowest BCUT2D eigenvalue weighted by atomic mass is 10.1. The Bertz CT molecular complexity index is 1420. The number of nitrogens with zero attached hydrogens (tertiary/aromatic N) is 4. The van der Waals surface area contributed by atoms with Crippen LogP contribution in [0.5, 0.6) is 11.5 Å². The summed E-state index contributed by atoms with van der Waals surface area (Å²) in [6.07, 6.45) is 0.180. The second-order valence-corrected chi connectivity index (χ2v) is 12.0. The van der Waals surface area contributed by atoms with Crippen molar-refractivity contribution in [1.29, 1.82) is 0 Å². The number of rotatable bonds is 10. The molecule has 3 amide bonds. The van der Waals surface area contributed by atoms with E-state index in [0.29, 0.717) is 36.0 Å². The number of carbonyl (C=O) groups excluding carboxylic acids is 3. The Kier molecular flexibility index (Phi) is 9.38. The van der Waals surface area contributed by atoms with Crippen molar-refractivity contribution in [2.75, 3.05) is 51.4 Å². The zero-order valence-electron chi connectivity index (χ0n) is 24.3. The summed E-state index contributed by atoms with van der Waals surface area (Å²) in [7, 11) is 0. The predicted molar refractivity (Wildman–Crippen MR) is 161 cm³/mol. The molecule has 0 saturated carbocycles. The maximum atomic E-state index is 13.1. The number of ether oxygens (including phenoxy) is 2. The summed E-state index contributed by atoms with van der Waals surface area (Å²) in [5.74, 6) is 1.29. The van der Waals surface area contributed by atoms with Gasteiger partial charge in [-0.2, -0.15) is 0 Å². The Morgan fingerprint density at radius 1 is 1.02 bits per heavy atom. The number of hydrogen-bond acceptors (Lipinski definition) is 8. The van der Waals surface area contributed by atoms with Crippen LogP contribution >= 0.6 is 11.3 Å². The molecule has 1 N–H and O–H groups in total. The molecule has 222 valence electrons. The van der Waals surface area contributed by atoms with Crippen LogP contribution in [0.2, 0.25) is 0 Å². The van der Waals surface area contributed by atoms with Gasteiger partial charge in [-0.3, -0.25) is 19.3 Å². The van der Waals surface area contributed by atoms with Gasteiger partial charge in [-0.1, -0.05) is 37.6 Å². The van der Waals surface area contributed by atoms with E-state index in [9.17, 15) is 14.4 Å². The van der Waals surface area contributed by atoms with Crippen molar-refractivity contribution < 1.29 is 23.9 Å². The maximum absolute atomic E-state index is 13.1. The number of fused-ring (bicyclic) bond motifs is 1. The van der Waals surface area contributed by atoms with E-state index in [2.05, 4.69) is 15.2 Å². The van der Waals surface area contributed by atoms with Crippen LogP contribution < -0.4 is 14.8 Å². The number of amides is 3. The van der Waals surface area contributed by atoms with Gasteiger partial charge in [0.15, 0.2) is 16.6 Å². The highest BCUT2D eigenvalue weighted by Gasteiger charge is 2.24. The van der Waals surface area contributed by atoms with E-state index in [4.69, 9.17) is 9.47 Å². The summed E-state index contributed by atoms with van der Waals surface area (Å²) in [5, 5.41) is 5.02. The number of piperazine rings is 1. The van der Waals surface area contributed by atoms with E-state index in [0.717, 1.165) is 42.3 Å². The van der Waals surface area contributed by atoms with Crippen LogP contribution in [0.25, 0.3) is 0 Å². The number of aromatic nitrogens is 1. The highest BCUT2D eigenvalue weighted by molar-refractivity contribution is 7.13. The highest BCUT2D eigenvalue weighted by Crippen LogP contribution is 2.33. The van der Waals surface area contributed by atoms with Gasteiger partial charge >= 0.3 is 0 Å². The molecule has 2 aliphatic heterocycles. The molecule has 10 nitrogen and oxygen atoms in total. The summed E-state index contributed by atoms with van der Waals surface area (Å²) < 4.78 is 10.9. The van der Waals surface area contributed by atoms with Crippen LogP contribution in [0.15, 0.2) is 47.8 Å². The number of carbonyl (C=O) groups is 3. The standard InChI is InChI=1S/C31H37N5O5S/c1-21(2)16-36(30(39)24-7-4-22(3)5-8-24)18-28(37)33-31-32-25(19-42-31)15-29(38)35-12-10-34(11-13-35)17-23-6-9-26-27(14-23)41-20-40-26/h4-9,14,19,21H,10-13,15-18,20H2,1-3H3,(H,32,33,37). The third-order valence-electron chi connectivity index (χ3n) is 7.20. The van der Waals surface area contributed by atoms with E-state index in [1.807, 2.05) is 56.0 Å². The molecule has 3 aromatic rings. The Labute approximate surface area is 250 Å². The lowest BCUT2D eigenvalue weighted by molar-refractivity contribution is -0.132. The molecule has 0 unspecified atom stereocenters. The first-order valence-corrected chi connectivity index (χ1v) is 15.1. The van der Waals surface area contributed by atoms with Gasteiger partial charge in [0.2, 0.25) is 18.6 Å². The van der Waals surface area contributed by atoms with Crippen molar-refractivity contribution in [3.63, 3.8) is 0 Å². The molecule has 0 bridgehead atoms. The third-order valence-corrected chi connectivity index (χ3v) is 8.01. The van der Waals surface area contributed by atoms with Crippen molar-refractivity contribution in [2.24, 2.45) is 5.92 Å². The zero-order chi connectivity index (χ0) is 29.6. The number of aryl methyl sites for hydroxylation is 1. The Morgan fingerprint density at radius 3 is 2.50 bits per heavy atom. The minimum Gasteiger partial charge on any atom is -0.454 e. The number of thiazole rings is 1. The molecule has 0 aliphatic carbocycles. The van der Waals surface area contributed by atoms with E-state index in [1.54, 1.807) is 22.4 Å². The summed E-state index contributed by atoms with van der Waals surface area (Å²) in [4.78, 5) is 49.2. The highest BCUT2D eigenvalue weighted by atomic mass is 32.1. The van der Waals surface area contributed by atoms with Crippen LogP contribution in [-0.4, -0.2) is 83.5 Å². The lowest BCUT2D eigenvalue weighted by Gasteiger charge is -2.34. The van der Waals surface area contributed by atoms with E-state index in [-0.39, 0.29) is 43.4 Å². The Morgan fingerprint density at radius 2 is 1.76 bits per heavy atom. The molecule has 11 heteroatoms. The van der Waals surface area contributed by atoms with Gasteiger partial charge in [0.1, 0.15) is 6.54 Å². The molecular formula is C31H37N5O5S. The van der Waals surface area contributed by atoms with Crippen LogP contribution in [0.4, 0.5) is 5.13 Å². The SMILES string of the molecule is Cc1ccc(C(=O)N(CC(=O)Nc2nc(CC(=O)N3CCN(Cc4ccc5c(c4)OCO5)CC3)cs2)CC(C)C)cc1. The normalized spacial score (nSPS) is 14.7. The van der Waals surface area contributed by atoms with Gasteiger partial charge in [0.25, 0.3) is 5.91 Å². The third kappa shape index (κ3) is 7.65. The minimum atomic E-state index is -0.318. The fraction of sp³-hybridized carbons (Fsp3) is 0.419. The number of anilines is 1. The average molecular weight is 592 g/mol. The van der Waals surface area contributed by atoms with Crippen LogP contribution in [-0.2, 0) is 22.6 Å². The van der Waals surface area contributed by atoms with E-state index in [1.165, 1.54) is 11.3 Å². The van der Waals surface area contributed by atoms with Crippen LogP contribution in [0.3, 0.4) is 0 Å². The molecule has 0 spiro atoms. The van der Waals surface area contributed by atoms with Crippen molar-refractivity contribution in [2.45, 2.75) is 33.7 Å². The van der Waals surface area contributed by atoms with E-state index >= 15 is 0 Å². The summed E-state index contributed by atoms with van der Waals surface area (Å²) in [6.45, 7) is 10.3. The Hall–Kier alpha value is -3.96. The first-order chi connectivity index (χ1) is 20.2. The largest absolute Gasteiger partial charge is 0.454 e. The molecule has 42 heavy (non-hydrogen) atoms. The van der Waals surface area contributed by atoms with Crippen molar-refractivity contribution in [3.8, 4) is 11.5 Å². The fourth-order valence-electron chi connectivity index (χ4n) is 5.04. The van der Waals surface area contributed by atoms with Gasteiger partial charge in [-0.05, 0) is 42.7 Å². The molecule has 1 saturated heterocycles. The molecule has 2 aromatic carbocycles. The monoisotopic (exact) mass is 591 g/mol. The van der Waals surface area contributed by atoms with Gasteiger partial charge < -0.3 is 24.6 Å². The molecular weight excluding hydrogens is 554 g/mol. The van der Waals surface area contributed by atoms with Crippen LogP contribution in [0, 0.1) is 12.8 Å². The second-order valence-electron chi connectivity index (χ2n) is 11.2. The first-order valence-electron chi connectivity index (χ1n) is 14.2. The van der Waals surface area contributed by atoms with E-state index < -0.39 is 0 Å². The Balaban J connectivity index is 1.09. The number of nitrogens with one attached hydrogen (secondary N) is 1. The number of hydrogen-bond donors (Lipinski definition) is 1. The smallest absolute Gasteiger partial charge is 0.254 e. The van der Waals surface area contributed by atoms with Gasteiger partial charge in [-0.25, -0.2) is 4.98 Å². The van der Waals surface area contributed by atoms with Gasteiger partial charge in [0.05, 0.1) is 12.1 Å². The maximum Gasteiger partial charge on any atom is 0.254 e. The predicted octanol–water partition coefficient (Wildman–Crippen LogP) is 3.80. The first kappa shape index (κ1) is 29.5.